The predicted octanol–water partition coefficient (Wildman–Crippen LogP) is 2.37. The van der Waals surface area contributed by atoms with E-state index < -0.39 is 4.92 Å². The summed E-state index contributed by atoms with van der Waals surface area (Å²) in [6.07, 6.45) is 1.29. The number of anilines is 1. The van der Waals surface area contributed by atoms with Gasteiger partial charge in [0.15, 0.2) is 10.2 Å². The van der Waals surface area contributed by atoms with Gasteiger partial charge in [0.25, 0.3) is 0 Å². The molecule has 0 saturated carbocycles. The van der Waals surface area contributed by atoms with Crippen molar-refractivity contribution in [2.45, 2.75) is 31.0 Å². The molecule has 0 saturated heterocycles. The Balaban J connectivity index is 2.43. The highest BCUT2D eigenvalue weighted by molar-refractivity contribution is 7.99. The van der Waals surface area contributed by atoms with Crippen LogP contribution in [0.2, 0.25) is 0 Å². The maximum absolute atomic E-state index is 11.3. The lowest BCUT2D eigenvalue weighted by Gasteiger charge is -2.06. The van der Waals surface area contributed by atoms with Crippen molar-refractivity contribution in [1.29, 1.82) is 0 Å². The molecular weight excluding hydrogens is 292 g/mol. The minimum absolute atomic E-state index is 0.160. The topological polar surface area (TPSA) is 107 Å². The highest BCUT2D eigenvalue weighted by Crippen LogP contribution is 2.35. The van der Waals surface area contributed by atoms with E-state index in [-0.39, 0.29) is 16.5 Å². The van der Waals surface area contributed by atoms with Crippen LogP contribution in [0.5, 0.6) is 0 Å². The van der Waals surface area contributed by atoms with E-state index in [1.54, 1.807) is 0 Å². The van der Waals surface area contributed by atoms with E-state index in [4.69, 9.17) is 0 Å². The molecule has 21 heavy (non-hydrogen) atoms. The molecule has 2 aromatic rings. The summed E-state index contributed by atoms with van der Waals surface area (Å²) in [7, 11) is 0. The minimum atomic E-state index is -0.497. The summed E-state index contributed by atoms with van der Waals surface area (Å²) in [5.41, 5.74) is 1.44. The molecule has 8 nitrogen and oxygen atoms in total. The highest BCUT2D eigenvalue weighted by atomic mass is 32.2. The summed E-state index contributed by atoms with van der Waals surface area (Å²) >= 11 is 1.06. The highest BCUT2D eigenvalue weighted by Gasteiger charge is 2.24. The molecule has 0 bridgehead atoms. The van der Waals surface area contributed by atoms with Gasteiger partial charge in [-0.15, -0.1) is 0 Å². The van der Waals surface area contributed by atoms with E-state index in [0.29, 0.717) is 11.7 Å². The van der Waals surface area contributed by atoms with E-state index in [1.165, 1.54) is 6.33 Å². The number of nitrogens with zero attached hydrogens (tertiary/aromatic N) is 5. The third kappa shape index (κ3) is 3.63. The van der Waals surface area contributed by atoms with Gasteiger partial charge in [0, 0.05) is 17.9 Å². The zero-order valence-electron chi connectivity index (χ0n) is 11.8. The van der Waals surface area contributed by atoms with Crippen molar-refractivity contribution in [2.75, 3.05) is 11.9 Å². The van der Waals surface area contributed by atoms with E-state index in [1.807, 2.05) is 26.8 Å². The monoisotopic (exact) mass is 306 g/mol. The number of aromatic nitrogens is 4. The second-order valence-electron chi connectivity index (χ2n) is 4.20. The first-order chi connectivity index (χ1) is 10.0. The van der Waals surface area contributed by atoms with Crippen LogP contribution in [0.25, 0.3) is 0 Å². The Morgan fingerprint density at radius 3 is 2.52 bits per heavy atom. The van der Waals surface area contributed by atoms with Gasteiger partial charge < -0.3 is 5.32 Å². The van der Waals surface area contributed by atoms with Crippen LogP contribution in [0.3, 0.4) is 0 Å². The fourth-order valence-corrected chi connectivity index (χ4v) is 2.64. The molecule has 0 aliphatic heterocycles. The van der Waals surface area contributed by atoms with Gasteiger partial charge in [-0.2, -0.15) is 0 Å². The summed E-state index contributed by atoms with van der Waals surface area (Å²) in [6.45, 7) is 6.06. The molecule has 0 atom stereocenters. The minimum Gasteiger partial charge on any atom is -0.364 e. The number of rotatable bonds is 5. The van der Waals surface area contributed by atoms with Crippen LogP contribution in [-0.2, 0) is 0 Å². The largest absolute Gasteiger partial charge is 0.364 e. The van der Waals surface area contributed by atoms with Crippen molar-refractivity contribution in [1.82, 2.24) is 19.9 Å². The van der Waals surface area contributed by atoms with Crippen LogP contribution in [0.4, 0.5) is 11.5 Å². The SMILES string of the molecule is CCNc1ncnc(Sc2nc(C)cc(C)n2)c1[N+](=O)[O-]. The normalized spacial score (nSPS) is 10.4. The first-order valence-corrected chi connectivity index (χ1v) is 7.06. The van der Waals surface area contributed by atoms with Crippen molar-refractivity contribution in [2.24, 2.45) is 0 Å². The second kappa shape index (κ2) is 6.44. The lowest BCUT2D eigenvalue weighted by molar-refractivity contribution is -0.387. The van der Waals surface area contributed by atoms with E-state index in [9.17, 15) is 10.1 Å². The van der Waals surface area contributed by atoms with Gasteiger partial charge in [0.1, 0.15) is 6.33 Å². The third-order valence-corrected chi connectivity index (χ3v) is 3.32. The van der Waals surface area contributed by atoms with Crippen LogP contribution >= 0.6 is 11.8 Å². The summed E-state index contributed by atoms with van der Waals surface area (Å²) in [4.78, 5) is 27.2. The fraction of sp³-hybridized carbons (Fsp3) is 0.333. The maximum Gasteiger partial charge on any atom is 0.343 e. The molecule has 0 unspecified atom stereocenters. The lowest BCUT2D eigenvalue weighted by atomic mass is 10.4. The molecule has 1 N–H and O–H groups in total. The quantitative estimate of drug-likeness (QED) is 0.388. The molecular formula is C12H14N6O2S. The lowest BCUT2D eigenvalue weighted by Crippen LogP contribution is -2.06. The van der Waals surface area contributed by atoms with E-state index in [0.717, 1.165) is 23.1 Å². The van der Waals surface area contributed by atoms with Gasteiger partial charge >= 0.3 is 5.69 Å². The predicted molar refractivity (Wildman–Crippen MR) is 78.5 cm³/mol. The molecule has 9 heteroatoms. The first kappa shape index (κ1) is 15.1. The number of hydrogen-bond acceptors (Lipinski definition) is 8. The van der Waals surface area contributed by atoms with Gasteiger partial charge in [-0.05, 0) is 38.6 Å². The number of nitro groups is 1. The first-order valence-electron chi connectivity index (χ1n) is 6.24. The number of nitrogens with one attached hydrogen (secondary N) is 1. The molecule has 0 aliphatic carbocycles. The smallest absolute Gasteiger partial charge is 0.343 e. The van der Waals surface area contributed by atoms with Gasteiger partial charge in [0.2, 0.25) is 5.82 Å². The molecule has 2 aromatic heterocycles. The van der Waals surface area contributed by atoms with Crippen LogP contribution in [0, 0.1) is 24.0 Å². The number of hydrogen-bond donors (Lipinski definition) is 1. The van der Waals surface area contributed by atoms with Crippen molar-refractivity contribution < 1.29 is 4.92 Å². The van der Waals surface area contributed by atoms with Gasteiger partial charge in [-0.25, -0.2) is 19.9 Å². The zero-order valence-corrected chi connectivity index (χ0v) is 12.6. The Morgan fingerprint density at radius 1 is 1.29 bits per heavy atom. The van der Waals surface area contributed by atoms with Gasteiger partial charge in [-0.3, -0.25) is 10.1 Å². The Bertz CT molecular complexity index is 659. The Hall–Kier alpha value is -2.29. The summed E-state index contributed by atoms with van der Waals surface area (Å²) in [5.74, 6) is 0.198. The number of aryl methyl sites for hydroxylation is 2. The molecule has 0 fully saturated rings. The standard InChI is InChI=1S/C12H14N6O2S/c1-4-13-10-9(18(19)20)11(15-6-14-10)21-12-16-7(2)5-8(3)17-12/h5-6H,4H2,1-3H3,(H,13,14,15). The Labute approximate surface area is 125 Å². The second-order valence-corrected chi connectivity index (χ2v) is 5.15. The molecule has 0 aliphatic rings. The average molecular weight is 306 g/mol. The molecule has 2 rings (SSSR count). The van der Waals surface area contributed by atoms with Crippen molar-refractivity contribution >= 4 is 23.3 Å². The molecule has 0 aromatic carbocycles. The molecule has 110 valence electrons. The van der Waals surface area contributed by atoms with Crippen LogP contribution in [0.15, 0.2) is 22.6 Å². The zero-order chi connectivity index (χ0) is 15.4. The summed E-state index contributed by atoms with van der Waals surface area (Å²) in [6, 6.07) is 1.84. The van der Waals surface area contributed by atoms with E-state index in [2.05, 4.69) is 25.3 Å². The summed E-state index contributed by atoms with van der Waals surface area (Å²) in [5, 5.41) is 14.8. The van der Waals surface area contributed by atoms with Crippen molar-refractivity contribution in [3.63, 3.8) is 0 Å². The van der Waals surface area contributed by atoms with Gasteiger partial charge in [0.05, 0.1) is 4.92 Å². The average Bonchev–Trinajstić information content (AvgIpc) is 2.37. The third-order valence-electron chi connectivity index (χ3n) is 2.47. The van der Waals surface area contributed by atoms with Crippen molar-refractivity contribution in [3.05, 3.63) is 33.9 Å². The van der Waals surface area contributed by atoms with E-state index >= 15 is 0 Å². The van der Waals surface area contributed by atoms with Crippen LogP contribution < -0.4 is 5.32 Å². The molecule has 0 amide bonds. The van der Waals surface area contributed by atoms with Crippen molar-refractivity contribution in [3.8, 4) is 0 Å². The van der Waals surface area contributed by atoms with Crippen LogP contribution in [0.1, 0.15) is 18.3 Å². The summed E-state index contributed by atoms with van der Waals surface area (Å²) < 4.78 is 0. The molecule has 0 spiro atoms. The Morgan fingerprint density at radius 2 is 1.95 bits per heavy atom. The maximum atomic E-state index is 11.3. The van der Waals surface area contributed by atoms with Crippen LogP contribution in [-0.4, -0.2) is 31.4 Å². The molecule has 2 heterocycles. The Kier molecular flexibility index (Phi) is 4.63. The fourth-order valence-electron chi connectivity index (χ4n) is 1.72. The van der Waals surface area contributed by atoms with Gasteiger partial charge in [-0.1, -0.05) is 0 Å². The molecule has 0 radical (unpaired) electrons.